The lowest BCUT2D eigenvalue weighted by Crippen LogP contribution is -2.21. The van der Waals surface area contributed by atoms with Gasteiger partial charge in [0.05, 0.1) is 11.1 Å². The van der Waals surface area contributed by atoms with Crippen LogP contribution in [0.4, 0.5) is 0 Å². The summed E-state index contributed by atoms with van der Waals surface area (Å²) in [5, 5.41) is 0. The zero-order chi connectivity index (χ0) is 14.0. The Balaban J connectivity index is 2.78. The Hall–Kier alpha value is -2.62. The lowest BCUT2D eigenvalue weighted by Gasteiger charge is -2.12. The third-order valence-electron chi connectivity index (χ3n) is 3.01. The topological polar surface area (TPSA) is 86.2 Å². The minimum atomic E-state index is -0.663. The number of amides is 2. The maximum absolute atomic E-state index is 11.6. The molecule has 4 nitrogen and oxygen atoms in total. The van der Waals surface area contributed by atoms with Crippen molar-refractivity contribution in [2.45, 2.75) is 6.92 Å². The van der Waals surface area contributed by atoms with Crippen LogP contribution in [0.15, 0.2) is 42.5 Å². The van der Waals surface area contributed by atoms with Crippen molar-refractivity contribution in [3.8, 4) is 11.1 Å². The van der Waals surface area contributed by atoms with Crippen molar-refractivity contribution in [2.24, 2.45) is 11.5 Å². The third-order valence-corrected chi connectivity index (χ3v) is 3.01. The number of aryl methyl sites for hydroxylation is 1. The summed E-state index contributed by atoms with van der Waals surface area (Å²) in [7, 11) is 0. The minimum absolute atomic E-state index is 0.147. The van der Waals surface area contributed by atoms with Gasteiger partial charge in [-0.1, -0.05) is 36.4 Å². The predicted molar refractivity (Wildman–Crippen MR) is 73.7 cm³/mol. The highest BCUT2D eigenvalue weighted by molar-refractivity contribution is 6.10. The van der Waals surface area contributed by atoms with Gasteiger partial charge in [-0.25, -0.2) is 0 Å². The van der Waals surface area contributed by atoms with Crippen molar-refractivity contribution in [2.75, 3.05) is 0 Å². The Bertz CT molecular complexity index is 663. The molecule has 0 fully saturated rings. The zero-order valence-electron chi connectivity index (χ0n) is 10.5. The van der Waals surface area contributed by atoms with Gasteiger partial charge < -0.3 is 11.5 Å². The van der Waals surface area contributed by atoms with Crippen LogP contribution in [0.2, 0.25) is 0 Å². The van der Waals surface area contributed by atoms with Gasteiger partial charge in [0.2, 0.25) is 11.8 Å². The molecule has 4 heteroatoms. The molecule has 0 atom stereocenters. The standard InChI is InChI=1S/C15H14N2O2/c1-9-5-2-3-6-10(9)11-7-4-8-12(14(16)18)13(11)15(17)19/h2-8H,1H3,(H2,16,18)(H2,17,19). The Kier molecular flexibility index (Phi) is 3.33. The molecule has 2 aromatic carbocycles. The van der Waals surface area contributed by atoms with Crippen LogP contribution in [0.25, 0.3) is 11.1 Å². The lowest BCUT2D eigenvalue weighted by atomic mass is 9.92. The Labute approximate surface area is 111 Å². The van der Waals surface area contributed by atoms with Crippen LogP contribution < -0.4 is 11.5 Å². The number of hydrogen-bond acceptors (Lipinski definition) is 2. The molecule has 0 aliphatic heterocycles. The van der Waals surface area contributed by atoms with Gasteiger partial charge in [-0.2, -0.15) is 0 Å². The molecule has 2 rings (SSSR count). The fourth-order valence-electron chi connectivity index (χ4n) is 2.12. The molecule has 4 N–H and O–H groups in total. The molecule has 0 aromatic heterocycles. The van der Waals surface area contributed by atoms with E-state index in [1.807, 2.05) is 31.2 Å². The summed E-state index contributed by atoms with van der Waals surface area (Å²) in [4.78, 5) is 23.1. The van der Waals surface area contributed by atoms with Gasteiger partial charge in [-0.15, -0.1) is 0 Å². The third kappa shape index (κ3) is 2.33. The second kappa shape index (κ2) is 4.94. The SMILES string of the molecule is Cc1ccccc1-c1cccc(C(N)=O)c1C(N)=O. The minimum Gasteiger partial charge on any atom is -0.366 e. The number of benzene rings is 2. The highest BCUT2D eigenvalue weighted by atomic mass is 16.2. The molecule has 2 aromatic rings. The lowest BCUT2D eigenvalue weighted by molar-refractivity contribution is 0.0968. The summed E-state index contributed by atoms with van der Waals surface area (Å²) in [6.45, 7) is 1.93. The Morgan fingerprint density at radius 1 is 0.842 bits per heavy atom. The van der Waals surface area contributed by atoms with Crippen molar-refractivity contribution in [1.29, 1.82) is 0 Å². The normalized spacial score (nSPS) is 10.2. The van der Waals surface area contributed by atoms with Gasteiger partial charge in [0.1, 0.15) is 0 Å². The van der Waals surface area contributed by atoms with E-state index in [0.29, 0.717) is 5.56 Å². The molecule has 19 heavy (non-hydrogen) atoms. The summed E-state index contributed by atoms with van der Waals surface area (Å²) in [5.41, 5.74) is 13.5. The van der Waals surface area contributed by atoms with E-state index in [1.165, 1.54) is 6.07 Å². The molecule has 0 unspecified atom stereocenters. The first-order chi connectivity index (χ1) is 9.02. The molecule has 0 radical (unpaired) electrons. The van der Waals surface area contributed by atoms with Crippen LogP contribution >= 0.6 is 0 Å². The monoisotopic (exact) mass is 254 g/mol. The number of carbonyl (C=O) groups is 2. The van der Waals surface area contributed by atoms with Crippen LogP contribution in [-0.2, 0) is 0 Å². The predicted octanol–water partition coefficient (Wildman–Crippen LogP) is 1.86. The highest BCUT2D eigenvalue weighted by Gasteiger charge is 2.18. The smallest absolute Gasteiger partial charge is 0.250 e. The Morgan fingerprint density at radius 3 is 2.05 bits per heavy atom. The summed E-state index contributed by atoms with van der Waals surface area (Å²) in [6.07, 6.45) is 0. The zero-order valence-corrected chi connectivity index (χ0v) is 10.5. The molecule has 0 aliphatic carbocycles. The van der Waals surface area contributed by atoms with Gasteiger partial charge in [-0.05, 0) is 29.7 Å². The van der Waals surface area contributed by atoms with Crippen molar-refractivity contribution >= 4 is 11.8 Å². The van der Waals surface area contributed by atoms with E-state index in [-0.39, 0.29) is 11.1 Å². The number of rotatable bonds is 3. The molecule has 0 saturated heterocycles. The van der Waals surface area contributed by atoms with Gasteiger partial charge in [0.15, 0.2) is 0 Å². The Morgan fingerprint density at radius 2 is 1.47 bits per heavy atom. The number of hydrogen-bond donors (Lipinski definition) is 2. The highest BCUT2D eigenvalue weighted by Crippen LogP contribution is 2.28. The van der Waals surface area contributed by atoms with Gasteiger partial charge in [-0.3, -0.25) is 9.59 Å². The van der Waals surface area contributed by atoms with Crippen LogP contribution in [0.3, 0.4) is 0 Å². The fourth-order valence-corrected chi connectivity index (χ4v) is 2.12. The summed E-state index contributed by atoms with van der Waals surface area (Å²) >= 11 is 0. The first-order valence-electron chi connectivity index (χ1n) is 5.81. The number of primary amides is 2. The van der Waals surface area contributed by atoms with E-state index in [4.69, 9.17) is 11.5 Å². The first-order valence-corrected chi connectivity index (χ1v) is 5.81. The molecular formula is C15H14N2O2. The van der Waals surface area contributed by atoms with E-state index >= 15 is 0 Å². The molecule has 0 saturated carbocycles. The summed E-state index contributed by atoms with van der Waals surface area (Å²) in [6, 6.07) is 12.5. The quantitative estimate of drug-likeness (QED) is 0.875. The van der Waals surface area contributed by atoms with E-state index < -0.39 is 11.8 Å². The van der Waals surface area contributed by atoms with Crippen LogP contribution in [0.1, 0.15) is 26.3 Å². The van der Waals surface area contributed by atoms with Crippen molar-refractivity contribution in [3.05, 3.63) is 59.2 Å². The van der Waals surface area contributed by atoms with Crippen molar-refractivity contribution < 1.29 is 9.59 Å². The molecular weight excluding hydrogens is 240 g/mol. The van der Waals surface area contributed by atoms with Crippen molar-refractivity contribution in [1.82, 2.24) is 0 Å². The average Bonchev–Trinajstić information content (AvgIpc) is 2.38. The number of nitrogens with two attached hydrogens (primary N) is 2. The molecule has 0 spiro atoms. The second-order valence-electron chi connectivity index (χ2n) is 4.27. The van der Waals surface area contributed by atoms with Gasteiger partial charge in [0, 0.05) is 0 Å². The maximum atomic E-state index is 11.6. The second-order valence-corrected chi connectivity index (χ2v) is 4.27. The van der Waals surface area contributed by atoms with E-state index in [1.54, 1.807) is 12.1 Å². The van der Waals surface area contributed by atoms with E-state index in [9.17, 15) is 9.59 Å². The molecule has 96 valence electrons. The average molecular weight is 254 g/mol. The maximum Gasteiger partial charge on any atom is 0.250 e. The van der Waals surface area contributed by atoms with Gasteiger partial charge in [0.25, 0.3) is 0 Å². The van der Waals surface area contributed by atoms with Gasteiger partial charge >= 0.3 is 0 Å². The largest absolute Gasteiger partial charge is 0.366 e. The van der Waals surface area contributed by atoms with Crippen molar-refractivity contribution in [3.63, 3.8) is 0 Å². The summed E-state index contributed by atoms with van der Waals surface area (Å²) in [5.74, 6) is -1.32. The summed E-state index contributed by atoms with van der Waals surface area (Å²) < 4.78 is 0. The van der Waals surface area contributed by atoms with E-state index in [2.05, 4.69) is 0 Å². The van der Waals surface area contributed by atoms with Crippen LogP contribution in [0.5, 0.6) is 0 Å². The fraction of sp³-hybridized carbons (Fsp3) is 0.0667. The molecule has 0 bridgehead atoms. The first kappa shape index (κ1) is 12.8. The number of carbonyl (C=O) groups excluding carboxylic acids is 2. The van der Waals surface area contributed by atoms with Crippen LogP contribution in [-0.4, -0.2) is 11.8 Å². The molecule has 0 aliphatic rings. The van der Waals surface area contributed by atoms with Crippen LogP contribution in [0, 0.1) is 6.92 Å². The van der Waals surface area contributed by atoms with E-state index in [0.717, 1.165) is 11.1 Å². The molecule has 0 heterocycles. The molecule has 2 amide bonds.